The summed E-state index contributed by atoms with van der Waals surface area (Å²) in [4.78, 5) is 11.8. The van der Waals surface area contributed by atoms with Crippen molar-refractivity contribution in [2.24, 2.45) is 7.05 Å². The Bertz CT molecular complexity index is 912. The smallest absolute Gasteiger partial charge is 0.379 e. The number of ether oxygens (including phenoxy) is 1. The molecule has 3 aromatic rings. The number of nitrogens with one attached hydrogen (secondary N) is 1. The van der Waals surface area contributed by atoms with Crippen molar-refractivity contribution < 1.29 is 9.15 Å². The molecule has 0 amide bonds. The van der Waals surface area contributed by atoms with E-state index in [-0.39, 0.29) is 5.75 Å². The summed E-state index contributed by atoms with van der Waals surface area (Å²) in [7, 11) is 3.33. The Hall–Kier alpha value is -2.32. The minimum absolute atomic E-state index is 0.218. The Balaban J connectivity index is 1.76. The van der Waals surface area contributed by atoms with Gasteiger partial charge in [-0.15, -0.1) is 10.2 Å². The van der Waals surface area contributed by atoms with Crippen LogP contribution in [0.4, 0.5) is 5.13 Å². The molecule has 0 spiro atoms. The molecule has 24 heavy (non-hydrogen) atoms. The second-order valence-electron chi connectivity index (χ2n) is 5.11. The third-order valence-corrected chi connectivity index (χ3v) is 4.61. The number of anilines is 1. The second kappa shape index (κ2) is 6.66. The highest BCUT2D eigenvalue weighted by Gasteiger charge is 2.14. The molecule has 0 bridgehead atoms. The summed E-state index contributed by atoms with van der Waals surface area (Å²) in [6, 6.07) is 3.56. The van der Waals surface area contributed by atoms with E-state index in [1.165, 1.54) is 18.4 Å². The van der Waals surface area contributed by atoms with Gasteiger partial charge in [0.1, 0.15) is 5.76 Å². The van der Waals surface area contributed by atoms with Crippen molar-refractivity contribution in [2.45, 2.75) is 13.5 Å². The van der Waals surface area contributed by atoms with E-state index in [4.69, 9.17) is 20.8 Å². The summed E-state index contributed by atoms with van der Waals surface area (Å²) < 4.78 is 12.1. The summed E-state index contributed by atoms with van der Waals surface area (Å²) >= 11 is 7.53. The number of hydrogen-bond acceptors (Lipinski definition) is 7. The quantitative estimate of drug-likeness (QED) is 0.747. The molecule has 126 valence electrons. The molecule has 3 rings (SSSR count). The lowest BCUT2D eigenvalue weighted by Gasteiger charge is -2.05. The zero-order valence-electron chi connectivity index (χ0n) is 13.3. The Morgan fingerprint density at radius 1 is 1.46 bits per heavy atom. The van der Waals surface area contributed by atoms with Crippen LogP contribution in [0.25, 0.3) is 10.7 Å². The fourth-order valence-corrected chi connectivity index (χ4v) is 3.48. The topological polar surface area (TPSA) is 82.2 Å². The molecule has 9 heteroatoms. The van der Waals surface area contributed by atoms with Crippen molar-refractivity contribution >= 4 is 28.1 Å². The van der Waals surface area contributed by atoms with Crippen LogP contribution < -0.4 is 15.7 Å². The van der Waals surface area contributed by atoms with Crippen LogP contribution in [-0.4, -0.2) is 21.9 Å². The molecule has 0 unspecified atom stereocenters. The van der Waals surface area contributed by atoms with E-state index in [1.54, 1.807) is 19.1 Å². The molecule has 0 saturated heterocycles. The molecule has 3 heterocycles. The van der Waals surface area contributed by atoms with Gasteiger partial charge in [-0.3, -0.25) is 0 Å². The summed E-state index contributed by atoms with van der Waals surface area (Å²) in [5.74, 6) is 0.710. The number of aryl methyl sites for hydroxylation is 2. The highest BCUT2D eigenvalue weighted by Crippen LogP contribution is 2.32. The monoisotopic (exact) mass is 366 g/mol. The largest absolute Gasteiger partial charge is 0.490 e. The maximum atomic E-state index is 11.8. The minimum Gasteiger partial charge on any atom is -0.490 e. The molecule has 3 aromatic heterocycles. The van der Waals surface area contributed by atoms with Gasteiger partial charge >= 0.3 is 5.63 Å². The van der Waals surface area contributed by atoms with E-state index in [9.17, 15) is 4.79 Å². The van der Waals surface area contributed by atoms with Gasteiger partial charge < -0.3 is 19.0 Å². The SMILES string of the molecule is COc1c(C)cc(CNc2nnc(-c3c(Cl)ccn3C)s2)oc1=O. The third-order valence-electron chi connectivity index (χ3n) is 3.41. The van der Waals surface area contributed by atoms with Gasteiger partial charge in [-0.2, -0.15) is 0 Å². The summed E-state index contributed by atoms with van der Waals surface area (Å²) in [5, 5.41) is 13.3. The first-order valence-corrected chi connectivity index (χ1v) is 8.25. The van der Waals surface area contributed by atoms with E-state index >= 15 is 0 Å². The standard InChI is InChI=1S/C15H15ClN4O3S/c1-8-6-9(23-14(21)12(8)22-3)7-17-15-19-18-13(24-15)11-10(16)4-5-20(11)2/h4-6H,7H2,1-3H3,(H,17,19). The predicted octanol–water partition coefficient (Wildman–Crippen LogP) is 3.08. The van der Waals surface area contributed by atoms with E-state index in [1.807, 2.05) is 17.8 Å². The second-order valence-corrected chi connectivity index (χ2v) is 6.49. The van der Waals surface area contributed by atoms with E-state index in [0.717, 1.165) is 11.3 Å². The summed E-state index contributed by atoms with van der Waals surface area (Å²) in [6.07, 6.45) is 1.86. The number of hydrogen-bond donors (Lipinski definition) is 1. The van der Waals surface area contributed by atoms with Crippen molar-refractivity contribution in [1.82, 2.24) is 14.8 Å². The van der Waals surface area contributed by atoms with Crippen molar-refractivity contribution in [2.75, 3.05) is 12.4 Å². The van der Waals surface area contributed by atoms with E-state index < -0.39 is 5.63 Å². The Labute approximate surface area is 146 Å². The Kier molecular flexibility index (Phi) is 4.59. The van der Waals surface area contributed by atoms with E-state index in [0.29, 0.717) is 27.5 Å². The number of halogens is 1. The third kappa shape index (κ3) is 3.15. The van der Waals surface area contributed by atoms with Crippen molar-refractivity contribution in [3.05, 3.63) is 45.1 Å². The molecule has 0 radical (unpaired) electrons. The Morgan fingerprint density at radius 3 is 2.88 bits per heavy atom. The normalized spacial score (nSPS) is 10.8. The van der Waals surface area contributed by atoms with Gasteiger partial charge in [0.15, 0.2) is 5.01 Å². The van der Waals surface area contributed by atoms with Crippen molar-refractivity contribution in [1.29, 1.82) is 0 Å². The summed E-state index contributed by atoms with van der Waals surface area (Å²) in [5.41, 5.74) is 1.04. The van der Waals surface area contributed by atoms with Crippen LogP contribution in [0.2, 0.25) is 5.02 Å². The molecule has 0 aliphatic rings. The van der Waals surface area contributed by atoms with Gasteiger partial charge in [-0.05, 0) is 19.1 Å². The number of aromatic nitrogens is 3. The maximum Gasteiger partial charge on any atom is 0.379 e. The first-order valence-electron chi connectivity index (χ1n) is 7.05. The van der Waals surface area contributed by atoms with Gasteiger partial charge in [0.25, 0.3) is 0 Å². The fraction of sp³-hybridized carbons (Fsp3) is 0.267. The maximum absolute atomic E-state index is 11.8. The molecule has 1 N–H and O–H groups in total. The van der Waals surface area contributed by atoms with Crippen molar-refractivity contribution in [3.8, 4) is 16.5 Å². The van der Waals surface area contributed by atoms with Gasteiger partial charge in [-0.1, -0.05) is 22.9 Å². The minimum atomic E-state index is -0.497. The molecule has 0 fully saturated rings. The lowest BCUT2D eigenvalue weighted by Crippen LogP contribution is -2.09. The molecule has 0 aromatic carbocycles. The average molecular weight is 367 g/mol. The van der Waals surface area contributed by atoms with Gasteiger partial charge in [0.05, 0.1) is 24.4 Å². The molecule has 0 aliphatic heterocycles. The van der Waals surface area contributed by atoms with Gasteiger partial charge in [0, 0.05) is 18.8 Å². The zero-order chi connectivity index (χ0) is 17.3. The van der Waals surface area contributed by atoms with Crippen LogP contribution in [0.1, 0.15) is 11.3 Å². The van der Waals surface area contributed by atoms with Gasteiger partial charge in [0.2, 0.25) is 10.9 Å². The van der Waals surface area contributed by atoms with Crippen LogP contribution in [0.5, 0.6) is 5.75 Å². The fourth-order valence-electron chi connectivity index (χ4n) is 2.30. The number of rotatable bonds is 5. The first-order chi connectivity index (χ1) is 11.5. The molecule has 0 atom stereocenters. The van der Waals surface area contributed by atoms with Gasteiger partial charge in [-0.25, -0.2) is 4.79 Å². The zero-order valence-corrected chi connectivity index (χ0v) is 14.9. The molecular formula is C15H15ClN4O3S. The van der Waals surface area contributed by atoms with Crippen LogP contribution in [0, 0.1) is 6.92 Å². The molecular weight excluding hydrogens is 352 g/mol. The van der Waals surface area contributed by atoms with E-state index in [2.05, 4.69) is 15.5 Å². The van der Waals surface area contributed by atoms with Crippen LogP contribution in [0.15, 0.2) is 27.5 Å². The lowest BCUT2D eigenvalue weighted by molar-refractivity contribution is 0.363. The lowest BCUT2D eigenvalue weighted by atomic mass is 10.2. The molecule has 0 saturated carbocycles. The van der Waals surface area contributed by atoms with Crippen LogP contribution in [0.3, 0.4) is 0 Å². The number of methoxy groups -OCH3 is 1. The van der Waals surface area contributed by atoms with Crippen LogP contribution in [-0.2, 0) is 13.6 Å². The highest BCUT2D eigenvalue weighted by molar-refractivity contribution is 7.18. The molecule has 7 nitrogen and oxygen atoms in total. The first kappa shape index (κ1) is 16.5. The number of nitrogens with zero attached hydrogens (tertiary/aromatic N) is 3. The van der Waals surface area contributed by atoms with Crippen LogP contribution >= 0.6 is 22.9 Å². The highest BCUT2D eigenvalue weighted by atomic mass is 35.5. The Morgan fingerprint density at radius 2 is 2.25 bits per heavy atom. The molecule has 0 aliphatic carbocycles. The summed E-state index contributed by atoms with van der Waals surface area (Å²) in [6.45, 7) is 2.11. The van der Waals surface area contributed by atoms with Crippen molar-refractivity contribution in [3.63, 3.8) is 0 Å². The predicted molar refractivity (Wildman–Crippen MR) is 92.9 cm³/mol. The average Bonchev–Trinajstić information content (AvgIpc) is 3.11.